The van der Waals surface area contributed by atoms with Gasteiger partial charge in [0.25, 0.3) is 0 Å². The van der Waals surface area contributed by atoms with E-state index in [4.69, 9.17) is 11.6 Å². The Morgan fingerprint density at radius 3 is 2.33 bits per heavy atom. The molecule has 1 aromatic carbocycles. The van der Waals surface area contributed by atoms with E-state index in [1.54, 1.807) is 6.92 Å². The first-order chi connectivity index (χ1) is 12.5. The summed E-state index contributed by atoms with van der Waals surface area (Å²) in [5.74, 6) is -0.537. The van der Waals surface area contributed by atoms with Crippen molar-refractivity contribution in [2.24, 2.45) is 7.05 Å². The summed E-state index contributed by atoms with van der Waals surface area (Å²) in [5, 5.41) is 4.54. The van der Waals surface area contributed by atoms with Gasteiger partial charge in [0.05, 0.1) is 17.3 Å². The number of pyridine rings is 1. The number of nitrogens with zero attached hydrogens (tertiary/aromatic N) is 2. The summed E-state index contributed by atoms with van der Waals surface area (Å²) < 4.78 is 15.3. The lowest BCUT2D eigenvalue weighted by Gasteiger charge is -2.22. The van der Waals surface area contributed by atoms with E-state index in [-0.39, 0.29) is 16.4 Å². The van der Waals surface area contributed by atoms with Crippen molar-refractivity contribution in [1.82, 2.24) is 14.8 Å². The molecule has 0 fully saturated rings. The molecule has 0 amide bonds. The van der Waals surface area contributed by atoms with Gasteiger partial charge in [-0.25, -0.2) is 4.68 Å². The van der Waals surface area contributed by atoms with Crippen LogP contribution in [0.2, 0.25) is 5.02 Å². The van der Waals surface area contributed by atoms with Gasteiger partial charge in [0.2, 0.25) is 5.95 Å². The molecule has 0 unspecified atom stereocenters. The zero-order valence-electron chi connectivity index (χ0n) is 16.4. The Morgan fingerprint density at radius 2 is 1.81 bits per heavy atom. The van der Waals surface area contributed by atoms with Crippen molar-refractivity contribution in [3.8, 4) is 22.4 Å². The largest absolute Gasteiger partial charge is 0.358 e. The zero-order chi connectivity index (χ0) is 20.1. The highest BCUT2D eigenvalue weighted by Crippen LogP contribution is 2.35. The molecule has 2 heterocycles. The lowest BCUT2D eigenvalue weighted by molar-refractivity contribution is 0.506. The lowest BCUT2D eigenvalue weighted by Crippen LogP contribution is -2.13. The first-order valence-electron chi connectivity index (χ1n) is 8.73. The summed E-state index contributed by atoms with van der Waals surface area (Å²) in [5.41, 5.74) is 4.31. The number of benzene rings is 1. The lowest BCUT2D eigenvalue weighted by atomic mass is 9.85. The van der Waals surface area contributed by atoms with Gasteiger partial charge in [-0.2, -0.15) is 9.49 Å². The summed E-state index contributed by atoms with van der Waals surface area (Å²) >= 11 is 6.51. The first kappa shape index (κ1) is 19.4. The minimum atomic E-state index is -0.537. The number of aryl methyl sites for hydroxylation is 3. The number of hydrogen-bond donors (Lipinski definition) is 1. The van der Waals surface area contributed by atoms with Crippen LogP contribution in [0, 0.1) is 19.8 Å². The minimum absolute atomic E-state index is 0.0780. The molecule has 2 aromatic heterocycles. The molecule has 0 radical (unpaired) electrons. The standard InChI is InChI=1S/C21H23ClFN3O/c1-11-7-15(21(3,4)5)16(22)8-13(11)17-9-18(27)19(12(2)25-17)14-10-24-26(6)20(14)23/h7-10H,1-6H3,(H,25,27). The maximum atomic E-state index is 14.2. The van der Waals surface area contributed by atoms with Gasteiger partial charge in [-0.1, -0.05) is 38.4 Å². The molecule has 0 saturated carbocycles. The highest BCUT2D eigenvalue weighted by Gasteiger charge is 2.21. The third kappa shape index (κ3) is 3.44. The number of H-pyrrole nitrogens is 1. The molecular weight excluding hydrogens is 365 g/mol. The van der Waals surface area contributed by atoms with Crippen LogP contribution in [0.15, 0.2) is 29.2 Å². The number of aromatic amines is 1. The summed E-state index contributed by atoms with van der Waals surface area (Å²) in [6.45, 7) is 10.1. The molecular formula is C21H23ClFN3O. The Kier molecular flexibility index (Phi) is 4.76. The van der Waals surface area contributed by atoms with Gasteiger partial charge < -0.3 is 4.98 Å². The smallest absolute Gasteiger partial charge is 0.219 e. The molecule has 27 heavy (non-hydrogen) atoms. The van der Waals surface area contributed by atoms with E-state index in [1.807, 2.05) is 13.0 Å². The maximum Gasteiger partial charge on any atom is 0.219 e. The van der Waals surface area contributed by atoms with Crippen molar-refractivity contribution in [2.45, 2.75) is 40.0 Å². The molecule has 0 saturated heterocycles. The summed E-state index contributed by atoms with van der Waals surface area (Å²) in [7, 11) is 1.50. The van der Waals surface area contributed by atoms with Crippen molar-refractivity contribution in [3.63, 3.8) is 0 Å². The zero-order valence-corrected chi connectivity index (χ0v) is 17.1. The number of aromatic nitrogens is 3. The third-order valence-electron chi connectivity index (χ3n) is 4.77. The van der Waals surface area contributed by atoms with Gasteiger partial charge in [0.15, 0.2) is 5.43 Å². The van der Waals surface area contributed by atoms with Crippen LogP contribution in [-0.2, 0) is 12.5 Å². The van der Waals surface area contributed by atoms with E-state index in [0.717, 1.165) is 21.4 Å². The van der Waals surface area contributed by atoms with E-state index >= 15 is 0 Å². The van der Waals surface area contributed by atoms with Gasteiger partial charge in [-0.3, -0.25) is 4.79 Å². The Balaban J connectivity index is 2.17. The highest BCUT2D eigenvalue weighted by molar-refractivity contribution is 6.31. The van der Waals surface area contributed by atoms with Gasteiger partial charge >= 0.3 is 0 Å². The molecule has 4 nitrogen and oxygen atoms in total. The summed E-state index contributed by atoms with van der Waals surface area (Å²) in [4.78, 5) is 16.0. The number of hydrogen-bond acceptors (Lipinski definition) is 2. The first-order valence-corrected chi connectivity index (χ1v) is 9.11. The monoisotopic (exact) mass is 387 g/mol. The third-order valence-corrected chi connectivity index (χ3v) is 5.08. The van der Waals surface area contributed by atoms with Crippen molar-refractivity contribution >= 4 is 11.6 Å². The second-order valence-corrected chi connectivity index (χ2v) is 8.32. The second-order valence-electron chi connectivity index (χ2n) is 7.92. The number of rotatable bonds is 2. The van der Waals surface area contributed by atoms with Crippen molar-refractivity contribution in [2.75, 3.05) is 0 Å². The van der Waals surface area contributed by atoms with E-state index < -0.39 is 5.95 Å². The molecule has 0 aliphatic rings. The Bertz CT molecular complexity index is 1090. The van der Waals surface area contributed by atoms with Crippen molar-refractivity contribution < 1.29 is 4.39 Å². The molecule has 0 aliphatic carbocycles. The molecule has 142 valence electrons. The average molecular weight is 388 g/mol. The van der Waals surface area contributed by atoms with Crippen LogP contribution in [0.5, 0.6) is 0 Å². The van der Waals surface area contributed by atoms with Gasteiger partial charge in [-0.15, -0.1) is 0 Å². The fraction of sp³-hybridized carbons (Fsp3) is 0.333. The normalized spacial score (nSPS) is 11.9. The fourth-order valence-electron chi connectivity index (χ4n) is 3.31. The van der Waals surface area contributed by atoms with E-state index in [0.29, 0.717) is 22.0 Å². The second kappa shape index (κ2) is 6.64. The topological polar surface area (TPSA) is 50.7 Å². The molecule has 0 atom stereocenters. The molecule has 0 spiro atoms. The Labute approximate surface area is 163 Å². The molecule has 3 rings (SSSR count). The van der Waals surface area contributed by atoms with Crippen LogP contribution in [0.1, 0.15) is 37.6 Å². The van der Waals surface area contributed by atoms with E-state index in [2.05, 4.69) is 36.9 Å². The minimum Gasteiger partial charge on any atom is -0.358 e. The predicted molar refractivity (Wildman–Crippen MR) is 108 cm³/mol. The summed E-state index contributed by atoms with van der Waals surface area (Å²) in [6.07, 6.45) is 1.37. The highest BCUT2D eigenvalue weighted by atomic mass is 35.5. The van der Waals surface area contributed by atoms with Gasteiger partial charge in [0, 0.05) is 35.1 Å². The maximum absolute atomic E-state index is 14.2. The van der Waals surface area contributed by atoms with Crippen molar-refractivity contribution in [1.29, 1.82) is 0 Å². The Hall–Kier alpha value is -2.40. The number of halogens is 2. The average Bonchev–Trinajstić information content (AvgIpc) is 2.87. The fourth-order valence-corrected chi connectivity index (χ4v) is 3.75. The summed E-state index contributed by atoms with van der Waals surface area (Å²) in [6, 6.07) is 5.43. The molecule has 0 aliphatic heterocycles. The number of nitrogens with one attached hydrogen (secondary N) is 1. The molecule has 3 aromatic rings. The van der Waals surface area contributed by atoms with Crippen LogP contribution in [0.3, 0.4) is 0 Å². The van der Waals surface area contributed by atoms with Crippen molar-refractivity contribution in [3.05, 3.63) is 62.4 Å². The quantitative estimate of drug-likeness (QED) is 0.661. The van der Waals surface area contributed by atoms with Gasteiger partial charge in [-0.05, 0) is 36.5 Å². The Morgan fingerprint density at radius 1 is 1.15 bits per heavy atom. The van der Waals surface area contributed by atoms with Crippen LogP contribution in [-0.4, -0.2) is 14.8 Å². The molecule has 0 bridgehead atoms. The van der Waals surface area contributed by atoms with Crippen LogP contribution >= 0.6 is 11.6 Å². The van der Waals surface area contributed by atoms with Gasteiger partial charge in [0.1, 0.15) is 0 Å². The van der Waals surface area contributed by atoms with Crippen LogP contribution < -0.4 is 5.43 Å². The predicted octanol–water partition coefficient (Wildman–Crippen LogP) is 5.15. The van der Waals surface area contributed by atoms with Crippen LogP contribution in [0.25, 0.3) is 22.4 Å². The van der Waals surface area contributed by atoms with E-state index in [9.17, 15) is 9.18 Å². The van der Waals surface area contributed by atoms with Crippen LogP contribution in [0.4, 0.5) is 4.39 Å². The molecule has 6 heteroatoms. The SMILES string of the molecule is Cc1cc(C(C)(C)C)c(Cl)cc1-c1cc(=O)c(-c2cnn(C)c2F)c(C)[nH]1. The van der Waals surface area contributed by atoms with E-state index in [1.165, 1.54) is 19.3 Å². The molecule has 1 N–H and O–H groups in total.